The van der Waals surface area contributed by atoms with Gasteiger partial charge < -0.3 is 20.7 Å². The summed E-state index contributed by atoms with van der Waals surface area (Å²) in [5.41, 5.74) is -3.07. The topological polar surface area (TPSA) is 160 Å². The van der Waals surface area contributed by atoms with Crippen molar-refractivity contribution in [1.82, 2.24) is 20.7 Å². The van der Waals surface area contributed by atoms with Crippen LogP contribution in [0.3, 0.4) is 0 Å². The van der Waals surface area contributed by atoms with Gasteiger partial charge in [-0.2, -0.15) is 26.3 Å². The van der Waals surface area contributed by atoms with Crippen molar-refractivity contribution in [3.05, 3.63) is 101 Å². The van der Waals surface area contributed by atoms with Gasteiger partial charge in [-0.1, -0.05) is 42.8 Å². The van der Waals surface area contributed by atoms with Crippen molar-refractivity contribution in [3.63, 3.8) is 0 Å². The summed E-state index contributed by atoms with van der Waals surface area (Å²) in [6.45, 7) is 2.33. The Morgan fingerprint density at radius 2 is 1.18 bits per heavy atom. The number of unbranched alkanes of at least 4 members (excludes halogenated alkanes) is 4. The molecule has 56 heavy (non-hydrogen) atoms. The van der Waals surface area contributed by atoms with E-state index in [0.717, 1.165) is 5.56 Å². The number of esters is 1. The van der Waals surface area contributed by atoms with E-state index in [1.54, 1.807) is 6.92 Å². The monoisotopic (exact) mass is 814 g/mol. The Morgan fingerprint density at radius 1 is 0.643 bits per heavy atom. The zero-order valence-corrected chi connectivity index (χ0v) is 31.3. The van der Waals surface area contributed by atoms with Crippen molar-refractivity contribution < 1.29 is 58.7 Å². The third kappa shape index (κ3) is 14.9. The van der Waals surface area contributed by atoms with Crippen LogP contribution in [0.15, 0.2) is 77.7 Å². The number of amides is 3. The van der Waals surface area contributed by atoms with Crippen molar-refractivity contribution in [2.24, 2.45) is 5.92 Å². The van der Waals surface area contributed by atoms with Gasteiger partial charge in [0, 0.05) is 37.3 Å². The van der Waals surface area contributed by atoms with Crippen LogP contribution in [0.2, 0.25) is 0 Å². The maximum Gasteiger partial charge on any atom is 0.416 e. The van der Waals surface area contributed by atoms with Crippen molar-refractivity contribution in [3.8, 4) is 0 Å². The molecule has 1 unspecified atom stereocenters. The van der Waals surface area contributed by atoms with Gasteiger partial charge in [0.05, 0.1) is 22.6 Å². The fraction of sp³-hybridized carbons (Fsp3) is 0.421. The first-order chi connectivity index (χ1) is 26.4. The molecule has 3 rings (SSSR count). The number of rotatable bonds is 21. The standard InChI is InChI=1S/C38H44F6N4O7S/c1-2-55-36(52)32(21-26-13-6-3-7-14-26)35(51)47-19-9-4-8-17-45-33(49)27-15-12-16-31(24-27)56(53,54)48-20-11-5-10-18-46-34(50)28-22-29(37(39,40)41)25-30(23-28)38(42,43)44/h3,6-7,12-16,22-25,32,48H,2,4-5,8-11,17-21H2,1H3,(H,45,49)(H,46,50)(H,47,51). The smallest absolute Gasteiger partial charge is 0.416 e. The van der Waals surface area contributed by atoms with Crippen LogP contribution < -0.4 is 20.7 Å². The number of hydrogen-bond donors (Lipinski definition) is 4. The molecule has 0 saturated heterocycles. The molecule has 11 nitrogen and oxygen atoms in total. The molecule has 306 valence electrons. The lowest BCUT2D eigenvalue weighted by atomic mass is 9.98. The second kappa shape index (κ2) is 21.4. The van der Waals surface area contributed by atoms with Gasteiger partial charge in [0.2, 0.25) is 15.9 Å². The van der Waals surface area contributed by atoms with Gasteiger partial charge in [0.1, 0.15) is 5.92 Å². The van der Waals surface area contributed by atoms with Crippen LogP contribution in [-0.4, -0.2) is 64.9 Å². The second-order valence-corrected chi connectivity index (χ2v) is 14.4. The summed E-state index contributed by atoms with van der Waals surface area (Å²) in [6.07, 6.45) is -7.26. The highest BCUT2D eigenvalue weighted by Crippen LogP contribution is 2.36. The van der Waals surface area contributed by atoms with Gasteiger partial charge in [-0.05, 0) is 87.4 Å². The molecule has 1 atom stereocenters. The molecular weight excluding hydrogens is 770 g/mol. The summed E-state index contributed by atoms with van der Waals surface area (Å²) in [5, 5.41) is 7.78. The largest absolute Gasteiger partial charge is 0.465 e. The molecule has 4 N–H and O–H groups in total. The molecule has 0 aromatic heterocycles. The van der Waals surface area contributed by atoms with E-state index in [-0.39, 0.29) is 55.6 Å². The van der Waals surface area contributed by atoms with E-state index in [2.05, 4.69) is 20.7 Å². The number of ether oxygens (including phenoxy) is 1. The van der Waals surface area contributed by atoms with E-state index in [4.69, 9.17) is 4.74 Å². The van der Waals surface area contributed by atoms with E-state index < -0.39 is 68.7 Å². The van der Waals surface area contributed by atoms with Crippen molar-refractivity contribution >= 4 is 33.7 Å². The van der Waals surface area contributed by atoms with Crippen LogP contribution >= 0.6 is 0 Å². The average molecular weight is 815 g/mol. The average Bonchev–Trinajstić information content (AvgIpc) is 3.15. The normalized spacial score (nSPS) is 12.4. The first-order valence-electron chi connectivity index (χ1n) is 17.9. The molecule has 0 heterocycles. The zero-order valence-electron chi connectivity index (χ0n) is 30.5. The van der Waals surface area contributed by atoms with Crippen LogP contribution in [-0.2, 0) is 43.1 Å². The Labute approximate surface area is 321 Å². The van der Waals surface area contributed by atoms with Crippen LogP contribution in [0.4, 0.5) is 26.3 Å². The van der Waals surface area contributed by atoms with E-state index in [1.807, 2.05) is 30.3 Å². The van der Waals surface area contributed by atoms with Gasteiger partial charge in [0.25, 0.3) is 11.8 Å². The molecule has 0 saturated carbocycles. The minimum atomic E-state index is -5.09. The molecule has 0 bridgehead atoms. The summed E-state index contributed by atoms with van der Waals surface area (Å²) < 4.78 is 112. The highest BCUT2D eigenvalue weighted by Gasteiger charge is 2.37. The summed E-state index contributed by atoms with van der Waals surface area (Å²) in [6, 6.07) is 15.1. The van der Waals surface area contributed by atoms with E-state index in [0.29, 0.717) is 50.8 Å². The Hall–Kier alpha value is -4.97. The molecule has 0 fully saturated rings. The Balaban J connectivity index is 1.35. The fourth-order valence-corrected chi connectivity index (χ4v) is 6.47. The minimum Gasteiger partial charge on any atom is -0.465 e. The molecule has 18 heteroatoms. The van der Waals surface area contributed by atoms with Crippen LogP contribution in [0, 0.1) is 5.92 Å². The second-order valence-electron chi connectivity index (χ2n) is 12.6. The molecule has 0 aliphatic rings. The zero-order chi connectivity index (χ0) is 41.4. The number of benzene rings is 3. The van der Waals surface area contributed by atoms with Gasteiger partial charge in [-0.25, -0.2) is 13.1 Å². The predicted octanol–water partition coefficient (Wildman–Crippen LogP) is 6.04. The van der Waals surface area contributed by atoms with Crippen LogP contribution in [0.25, 0.3) is 0 Å². The van der Waals surface area contributed by atoms with Gasteiger partial charge in [-0.3, -0.25) is 19.2 Å². The lowest BCUT2D eigenvalue weighted by Crippen LogP contribution is -2.38. The van der Waals surface area contributed by atoms with Crippen molar-refractivity contribution in [2.75, 3.05) is 32.8 Å². The highest BCUT2D eigenvalue weighted by molar-refractivity contribution is 7.89. The van der Waals surface area contributed by atoms with Crippen molar-refractivity contribution in [1.29, 1.82) is 0 Å². The number of alkyl halides is 6. The number of nitrogens with one attached hydrogen (secondary N) is 4. The minimum absolute atomic E-state index is 0.0216. The predicted molar refractivity (Wildman–Crippen MR) is 194 cm³/mol. The number of carbonyl (C=O) groups excluding carboxylic acids is 4. The van der Waals surface area contributed by atoms with E-state index in [9.17, 15) is 53.9 Å². The molecule has 0 aliphatic heterocycles. The lowest BCUT2D eigenvalue weighted by Gasteiger charge is -2.16. The molecule has 3 aromatic rings. The molecular formula is C38H44F6N4O7S. The maximum atomic E-state index is 13.1. The Bertz CT molecular complexity index is 1860. The molecule has 0 spiro atoms. The number of hydrogen-bond acceptors (Lipinski definition) is 7. The Morgan fingerprint density at radius 3 is 1.73 bits per heavy atom. The number of halogens is 6. The summed E-state index contributed by atoms with van der Waals surface area (Å²) in [7, 11) is -4.01. The molecule has 0 aliphatic carbocycles. The van der Waals surface area contributed by atoms with E-state index in [1.165, 1.54) is 24.3 Å². The van der Waals surface area contributed by atoms with Gasteiger partial charge in [0.15, 0.2) is 0 Å². The van der Waals surface area contributed by atoms with Crippen LogP contribution in [0.1, 0.15) is 82.9 Å². The third-order valence-electron chi connectivity index (χ3n) is 8.30. The molecule has 0 radical (unpaired) electrons. The first kappa shape index (κ1) is 45.4. The third-order valence-corrected chi connectivity index (χ3v) is 9.75. The Kier molecular flexibility index (Phi) is 17.3. The van der Waals surface area contributed by atoms with Crippen LogP contribution in [0.5, 0.6) is 0 Å². The summed E-state index contributed by atoms with van der Waals surface area (Å²) in [4.78, 5) is 50.0. The highest BCUT2D eigenvalue weighted by atomic mass is 32.2. The number of sulfonamides is 1. The lowest BCUT2D eigenvalue weighted by molar-refractivity contribution is -0.152. The summed E-state index contributed by atoms with van der Waals surface area (Å²) in [5.74, 6) is -3.61. The molecule has 3 amide bonds. The van der Waals surface area contributed by atoms with Gasteiger partial charge in [-0.15, -0.1) is 0 Å². The number of carbonyl (C=O) groups is 4. The maximum absolute atomic E-state index is 13.1. The molecule has 3 aromatic carbocycles. The van der Waals surface area contributed by atoms with E-state index >= 15 is 0 Å². The summed E-state index contributed by atoms with van der Waals surface area (Å²) >= 11 is 0. The fourth-order valence-electron chi connectivity index (χ4n) is 5.35. The van der Waals surface area contributed by atoms with Crippen molar-refractivity contribution in [2.45, 2.75) is 69.1 Å². The quantitative estimate of drug-likeness (QED) is 0.0442. The van der Waals surface area contributed by atoms with Gasteiger partial charge >= 0.3 is 18.3 Å². The first-order valence-corrected chi connectivity index (χ1v) is 19.3. The SMILES string of the molecule is CCOC(=O)C(Cc1ccccc1)C(=O)NCCCCCNC(=O)c1cccc(S(=O)(=O)NCCCCCNC(=O)c2cc(C(F)(F)F)cc(C(F)(F)F)c2)c1.